The molecule has 0 fully saturated rings. The van der Waals surface area contributed by atoms with E-state index in [2.05, 4.69) is 0 Å². The standard InChI is InChI=1S/C9H10F3NO/c1-4(14)9(13)8-6(11)2-5(10)3-7(8)12/h2-4,9,14H,13H2,1H3/t4?,9-/m1/s1. The van der Waals surface area contributed by atoms with Crippen molar-refractivity contribution in [3.8, 4) is 0 Å². The van der Waals surface area contributed by atoms with E-state index in [1.165, 1.54) is 6.92 Å². The number of halogens is 3. The monoisotopic (exact) mass is 205 g/mol. The van der Waals surface area contributed by atoms with E-state index in [-0.39, 0.29) is 0 Å². The molecule has 0 aromatic heterocycles. The van der Waals surface area contributed by atoms with Crippen molar-refractivity contribution in [1.29, 1.82) is 0 Å². The molecule has 1 aromatic rings. The lowest BCUT2D eigenvalue weighted by Crippen LogP contribution is -2.25. The molecule has 2 atom stereocenters. The molecule has 1 aromatic carbocycles. The topological polar surface area (TPSA) is 46.2 Å². The molecule has 1 rings (SSSR count). The molecule has 0 bridgehead atoms. The summed E-state index contributed by atoms with van der Waals surface area (Å²) in [6.07, 6.45) is -1.11. The molecule has 78 valence electrons. The predicted molar refractivity (Wildman–Crippen MR) is 44.9 cm³/mol. The SMILES string of the molecule is CC(O)[C@@H](N)c1c(F)cc(F)cc1F. The lowest BCUT2D eigenvalue weighted by atomic mass is 10.0. The third kappa shape index (κ3) is 2.05. The molecule has 0 spiro atoms. The number of benzene rings is 1. The minimum atomic E-state index is -1.20. The average Bonchev–Trinajstić information content (AvgIpc) is 2.01. The number of hydrogen-bond acceptors (Lipinski definition) is 2. The van der Waals surface area contributed by atoms with Gasteiger partial charge in [-0.15, -0.1) is 0 Å². The summed E-state index contributed by atoms with van der Waals surface area (Å²) in [5.74, 6) is -3.19. The molecular weight excluding hydrogens is 195 g/mol. The number of aliphatic hydroxyl groups excluding tert-OH is 1. The highest BCUT2D eigenvalue weighted by Crippen LogP contribution is 2.22. The Morgan fingerprint density at radius 1 is 1.21 bits per heavy atom. The maximum atomic E-state index is 13.1. The van der Waals surface area contributed by atoms with Crippen LogP contribution in [0.3, 0.4) is 0 Å². The Kier molecular flexibility index (Phi) is 3.13. The summed E-state index contributed by atoms with van der Waals surface area (Å²) in [7, 11) is 0. The van der Waals surface area contributed by atoms with Crippen LogP contribution in [-0.2, 0) is 0 Å². The lowest BCUT2D eigenvalue weighted by molar-refractivity contribution is 0.160. The first-order valence-corrected chi connectivity index (χ1v) is 4.01. The van der Waals surface area contributed by atoms with E-state index in [9.17, 15) is 13.2 Å². The molecule has 0 heterocycles. The first kappa shape index (κ1) is 11.0. The minimum Gasteiger partial charge on any atom is -0.391 e. The van der Waals surface area contributed by atoms with Crippen LogP contribution in [0.25, 0.3) is 0 Å². The van der Waals surface area contributed by atoms with Gasteiger partial charge in [0.25, 0.3) is 0 Å². The third-order valence-electron chi connectivity index (χ3n) is 1.90. The van der Waals surface area contributed by atoms with Crippen LogP contribution in [0, 0.1) is 17.5 Å². The first-order valence-electron chi connectivity index (χ1n) is 4.01. The zero-order valence-corrected chi connectivity index (χ0v) is 7.47. The number of hydrogen-bond donors (Lipinski definition) is 2. The van der Waals surface area contributed by atoms with Crippen molar-refractivity contribution in [2.45, 2.75) is 19.1 Å². The van der Waals surface area contributed by atoms with E-state index >= 15 is 0 Å². The fourth-order valence-corrected chi connectivity index (χ4v) is 1.11. The highest BCUT2D eigenvalue weighted by Gasteiger charge is 2.21. The van der Waals surface area contributed by atoms with Crippen LogP contribution in [0.15, 0.2) is 12.1 Å². The van der Waals surface area contributed by atoms with Gasteiger partial charge in [0, 0.05) is 17.7 Å². The molecule has 0 aliphatic heterocycles. The van der Waals surface area contributed by atoms with Gasteiger partial charge in [-0.3, -0.25) is 0 Å². The smallest absolute Gasteiger partial charge is 0.133 e. The van der Waals surface area contributed by atoms with Gasteiger partial charge in [-0.25, -0.2) is 13.2 Å². The van der Waals surface area contributed by atoms with Crippen molar-refractivity contribution >= 4 is 0 Å². The summed E-state index contributed by atoms with van der Waals surface area (Å²) >= 11 is 0. The normalized spacial score (nSPS) is 15.3. The Balaban J connectivity index is 3.20. The van der Waals surface area contributed by atoms with Crippen molar-refractivity contribution in [3.63, 3.8) is 0 Å². The largest absolute Gasteiger partial charge is 0.391 e. The van der Waals surface area contributed by atoms with Crippen LogP contribution in [0.4, 0.5) is 13.2 Å². The van der Waals surface area contributed by atoms with Crippen LogP contribution in [0.1, 0.15) is 18.5 Å². The summed E-state index contributed by atoms with van der Waals surface area (Å²) in [5, 5.41) is 9.04. The molecule has 3 N–H and O–H groups in total. The Labute approximate surface area is 79.2 Å². The summed E-state index contributed by atoms with van der Waals surface area (Å²) in [5.41, 5.74) is 4.84. The number of aliphatic hydroxyl groups is 1. The van der Waals surface area contributed by atoms with Crippen LogP contribution in [0.2, 0.25) is 0 Å². The van der Waals surface area contributed by atoms with Gasteiger partial charge in [0.1, 0.15) is 17.5 Å². The molecule has 0 radical (unpaired) electrons. The third-order valence-corrected chi connectivity index (χ3v) is 1.90. The highest BCUT2D eigenvalue weighted by molar-refractivity contribution is 5.24. The molecule has 0 saturated heterocycles. The van der Waals surface area contributed by atoms with Crippen LogP contribution in [0.5, 0.6) is 0 Å². The number of rotatable bonds is 2. The van der Waals surface area contributed by atoms with Crippen LogP contribution >= 0.6 is 0 Å². The van der Waals surface area contributed by atoms with Gasteiger partial charge in [0.05, 0.1) is 12.1 Å². The van der Waals surface area contributed by atoms with Gasteiger partial charge >= 0.3 is 0 Å². The maximum Gasteiger partial charge on any atom is 0.133 e. The zero-order valence-electron chi connectivity index (χ0n) is 7.47. The first-order chi connectivity index (χ1) is 6.43. The predicted octanol–water partition coefficient (Wildman–Crippen LogP) is 1.48. The second kappa shape index (κ2) is 3.98. The lowest BCUT2D eigenvalue weighted by Gasteiger charge is -2.16. The van der Waals surface area contributed by atoms with Crippen molar-refractivity contribution in [1.82, 2.24) is 0 Å². The molecule has 0 saturated carbocycles. The molecule has 14 heavy (non-hydrogen) atoms. The Morgan fingerprint density at radius 3 is 2.00 bits per heavy atom. The van der Waals surface area contributed by atoms with Gasteiger partial charge in [-0.1, -0.05) is 0 Å². The Morgan fingerprint density at radius 2 is 1.64 bits per heavy atom. The molecule has 0 aliphatic carbocycles. The molecule has 5 heteroatoms. The maximum absolute atomic E-state index is 13.1. The molecular formula is C9H10F3NO. The fraction of sp³-hybridized carbons (Fsp3) is 0.333. The molecule has 2 nitrogen and oxygen atoms in total. The zero-order chi connectivity index (χ0) is 10.9. The number of nitrogens with two attached hydrogens (primary N) is 1. The van der Waals surface area contributed by atoms with Gasteiger partial charge in [-0.05, 0) is 6.92 Å². The summed E-state index contributed by atoms with van der Waals surface area (Å²) in [6, 6.07) is -0.142. The van der Waals surface area contributed by atoms with Crippen LogP contribution in [-0.4, -0.2) is 11.2 Å². The summed E-state index contributed by atoms with van der Waals surface area (Å²) in [4.78, 5) is 0. The Hall–Kier alpha value is -1.07. The van der Waals surface area contributed by atoms with Crippen LogP contribution < -0.4 is 5.73 Å². The van der Waals surface area contributed by atoms with Crippen molar-refractivity contribution < 1.29 is 18.3 Å². The van der Waals surface area contributed by atoms with Gasteiger partial charge < -0.3 is 10.8 Å². The van der Waals surface area contributed by atoms with E-state index in [4.69, 9.17) is 10.8 Å². The van der Waals surface area contributed by atoms with E-state index < -0.39 is 35.2 Å². The average molecular weight is 205 g/mol. The second-order valence-electron chi connectivity index (χ2n) is 3.05. The van der Waals surface area contributed by atoms with Gasteiger partial charge in [0.2, 0.25) is 0 Å². The van der Waals surface area contributed by atoms with Gasteiger partial charge in [-0.2, -0.15) is 0 Å². The quantitative estimate of drug-likeness (QED) is 0.768. The summed E-state index contributed by atoms with van der Waals surface area (Å²) < 4.78 is 38.6. The fourth-order valence-electron chi connectivity index (χ4n) is 1.11. The van der Waals surface area contributed by atoms with Crippen molar-refractivity contribution in [2.24, 2.45) is 5.73 Å². The summed E-state index contributed by atoms with van der Waals surface area (Å²) in [6.45, 7) is 1.30. The van der Waals surface area contributed by atoms with Crippen molar-refractivity contribution in [3.05, 3.63) is 35.1 Å². The molecule has 0 aliphatic rings. The van der Waals surface area contributed by atoms with Gasteiger partial charge in [0.15, 0.2) is 0 Å². The highest BCUT2D eigenvalue weighted by atomic mass is 19.1. The van der Waals surface area contributed by atoms with E-state index in [1.54, 1.807) is 0 Å². The molecule has 1 unspecified atom stereocenters. The minimum absolute atomic E-state index is 0.499. The Bertz CT molecular complexity index is 318. The van der Waals surface area contributed by atoms with E-state index in [1.807, 2.05) is 0 Å². The molecule has 0 amide bonds. The van der Waals surface area contributed by atoms with E-state index in [0.717, 1.165) is 0 Å². The van der Waals surface area contributed by atoms with E-state index in [0.29, 0.717) is 12.1 Å². The van der Waals surface area contributed by atoms with Crippen molar-refractivity contribution in [2.75, 3.05) is 0 Å². The second-order valence-corrected chi connectivity index (χ2v) is 3.05.